The molecule has 8 N–H and O–H groups in total. The van der Waals surface area contributed by atoms with E-state index >= 15 is 0 Å². The molecular weight excluding hydrogens is 398 g/mol. The minimum Gasteiger partial charge on any atom is -0.370 e. The molecule has 0 aromatic rings. The molecular formula is C5H16I2N6. The lowest BCUT2D eigenvalue weighted by Gasteiger charge is -2.01. The van der Waals surface area contributed by atoms with Crippen LogP contribution in [0.2, 0.25) is 0 Å². The van der Waals surface area contributed by atoms with Crippen LogP contribution in [0.3, 0.4) is 0 Å². The van der Waals surface area contributed by atoms with Gasteiger partial charge in [0.15, 0.2) is 5.96 Å². The second-order valence-electron chi connectivity index (χ2n) is 1.95. The van der Waals surface area contributed by atoms with Gasteiger partial charge in [-0.25, -0.2) is 0 Å². The molecule has 6 nitrogen and oxygen atoms in total. The highest BCUT2D eigenvalue weighted by Gasteiger charge is 1.90. The van der Waals surface area contributed by atoms with E-state index in [1.165, 1.54) is 0 Å². The molecule has 0 aliphatic rings. The molecule has 0 heterocycles. The highest BCUT2D eigenvalue weighted by atomic mass is 127. The van der Waals surface area contributed by atoms with E-state index in [9.17, 15) is 0 Å². The van der Waals surface area contributed by atoms with Gasteiger partial charge in [0.05, 0.1) is 0 Å². The molecule has 0 aliphatic heterocycles. The molecule has 0 aliphatic carbocycles. The molecule has 8 heteroatoms. The van der Waals surface area contributed by atoms with E-state index in [1.807, 2.05) is 0 Å². The molecule has 0 fully saturated rings. The van der Waals surface area contributed by atoms with Crippen molar-refractivity contribution in [3.05, 3.63) is 0 Å². The number of hydrogen-bond donors (Lipinski definition) is 5. The van der Waals surface area contributed by atoms with E-state index in [4.69, 9.17) is 22.6 Å². The molecule has 13 heavy (non-hydrogen) atoms. The Balaban J connectivity index is -0.000000500. The number of halogens is 2. The lowest BCUT2D eigenvalue weighted by atomic mass is 10.4. The van der Waals surface area contributed by atoms with Crippen molar-refractivity contribution < 1.29 is 0 Å². The van der Waals surface area contributed by atoms with E-state index in [0.717, 1.165) is 6.42 Å². The van der Waals surface area contributed by atoms with Crippen molar-refractivity contribution in [3.63, 3.8) is 0 Å². The Morgan fingerprint density at radius 3 is 2.23 bits per heavy atom. The average Bonchev–Trinajstić information content (AvgIpc) is 1.86. The Morgan fingerprint density at radius 1 is 1.31 bits per heavy atom. The fraction of sp³-hybridized carbons (Fsp3) is 0.600. The summed E-state index contributed by atoms with van der Waals surface area (Å²) < 4.78 is 0. The fourth-order valence-electron chi connectivity index (χ4n) is 0.477. The zero-order chi connectivity index (χ0) is 8.69. The summed E-state index contributed by atoms with van der Waals surface area (Å²) in [6, 6.07) is 0. The minimum atomic E-state index is -0.116. The largest absolute Gasteiger partial charge is 0.370 e. The first-order valence-corrected chi connectivity index (χ1v) is 3.29. The van der Waals surface area contributed by atoms with Crippen LogP contribution in [0.15, 0.2) is 4.99 Å². The van der Waals surface area contributed by atoms with Gasteiger partial charge in [0.1, 0.15) is 0 Å². The monoisotopic (exact) mass is 414 g/mol. The molecule has 0 atom stereocenters. The molecule has 0 rings (SSSR count). The first-order valence-electron chi connectivity index (χ1n) is 3.29. The van der Waals surface area contributed by atoms with Gasteiger partial charge in [0.2, 0.25) is 5.96 Å². The Bertz CT molecular complexity index is 155. The van der Waals surface area contributed by atoms with Crippen LogP contribution in [-0.2, 0) is 0 Å². The molecule has 0 radical (unpaired) electrons. The zero-order valence-corrected chi connectivity index (χ0v) is 11.8. The van der Waals surface area contributed by atoms with E-state index in [0.29, 0.717) is 13.1 Å². The number of aliphatic imine (C=N–C) groups is 1. The number of nitrogens with two attached hydrogens (primary N) is 3. The molecule has 0 spiro atoms. The van der Waals surface area contributed by atoms with Crippen molar-refractivity contribution in [3.8, 4) is 0 Å². The maximum atomic E-state index is 7.10. The van der Waals surface area contributed by atoms with Crippen molar-refractivity contribution in [2.75, 3.05) is 13.1 Å². The van der Waals surface area contributed by atoms with E-state index in [1.54, 1.807) is 0 Å². The first-order chi connectivity index (χ1) is 5.16. The normalized spacial score (nSPS) is 7.46. The zero-order valence-electron chi connectivity index (χ0n) is 7.12. The van der Waals surface area contributed by atoms with Crippen LogP contribution < -0.4 is 22.5 Å². The number of rotatable bonds is 3. The van der Waals surface area contributed by atoms with Crippen LogP contribution >= 0.6 is 48.0 Å². The van der Waals surface area contributed by atoms with Gasteiger partial charge in [-0.3, -0.25) is 5.41 Å². The summed E-state index contributed by atoms with van der Waals surface area (Å²) in [4.78, 5) is 3.45. The van der Waals surface area contributed by atoms with Crippen LogP contribution in [0.4, 0.5) is 0 Å². The lowest BCUT2D eigenvalue weighted by molar-refractivity contribution is 0.777. The Labute approximate surface area is 112 Å². The molecule has 0 bridgehead atoms. The van der Waals surface area contributed by atoms with Crippen molar-refractivity contribution >= 4 is 59.9 Å². The Morgan fingerprint density at radius 2 is 1.85 bits per heavy atom. The van der Waals surface area contributed by atoms with Crippen LogP contribution in [-0.4, -0.2) is 25.0 Å². The van der Waals surface area contributed by atoms with Gasteiger partial charge < -0.3 is 22.5 Å². The summed E-state index contributed by atoms with van der Waals surface area (Å²) >= 11 is 0. The predicted molar refractivity (Wildman–Crippen MR) is 76.0 cm³/mol. The Kier molecular flexibility index (Phi) is 17.6. The van der Waals surface area contributed by atoms with Gasteiger partial charge in [-0.1, -0.05) is 0 Å². The van der Waals surface area contributed by atoms with Gasteiger partial charge in [-0.2, -0.15) is 4.99 Å². The van der Waals surface area contributed by atoms with Gasteiger partial charge in [0, 0.05) is 6.54 Å². The summed E-state index contributed by atoms with van der Waals surface area (Å²) in [5, 5.41) is 9.77. The van der Waals surface area contributed by atoms with Gasteiger partial charge in [-0.15, -0.1) is 48.0 Å². The molecule has 0 amide bonds. The third kappa shape index (κ3) is 15.0. The third-order valence-corrected chi connectivity index (χ3v) is 0.914. The number of guanidine groups is 2. The molecule has 0 saturated carbocycles. The van der Waals surface area contributed by atoms with Crippen molar-refractivity contribution in [1.29, 1.82) is 5.41 Å². The first kappa shape index (κ1) is 18.9. The average molecular weight is 414 g/mol. The lowest BCUT2D eigenvalue weighted by Crippen LogP contribution is -2.30. The number of nitrogens with zero attached hydrogens (tertiary/aromatic N) is 1. The third-order valence-electron chi connectivity index (χ3n) is 0.914. The second-order valence-corrected chi connectivity index (χ2v) is 1.95. The molecule has 0 aromatic heterocycles. The summed E-state index contributed by atoms with van der Waals surface area (Å²) in [6.07, 6.45) is 0.794. The molecule has 0 aromatic carbocycles. The van der Waals surface area contributed by atoms with Crippen LogP contribution in [0.1, 0.15) is 6.42 Å². The van der Waals surface area contributed by atoms with Crippen molar-refractivity contribution in [1.82, 2.24) is 5.32 Å². The Hall–Kier alpha value is 0.160. The van der Waals surface area contributed by atoms with Crippen molar-refractivity contribution in [2.45, 2.75) is 6.42 Å². The molecule has 80 valence electrons. The van der Waals surface area contributed by atoms with Gasteiger partial charge in [-0.05, 0) is 13.0 Å². The highest BCUT2D eigenvalue weighted by molar-refractivity contribution is 14.0. The van der Waals surface area contributed by atoms with E-state index in [-0.39, 0.29) is 59.9 Å². The quantitative estimate of drug-likeness (QED) is 0.183. The maximum Gasteiger partial charge on any atom is 0.218 e. The number of hydrogen-bond acceptors (Lipinski definition) is 2. The highest BCUT2D eigenvalue weighted by Crippen LogP contribution is 1.72. The van der Waals surface area contributed by atoms with Crippen LogP contribution in [0.5, 0.6) is 0 Å². The predicted octanol–water partition coefficient (Wildman–Crippen LogP) is -0.631. The van der Waals surface area contributed by atoms with Gasteiger partial charge in [0.25, 0.3) is 0 Å². The topological polar surface area (TPSA) is 126 Å². The van der Waals surface area contributed by atoms with Crippen LogP contribution in [0, 0.1) is 5.41 Å². The molecule has 0 saturated heterocycles. The second kappa shape index (κ2) is 12.2. The standard InChI is InChI=1S/C5H14N6.2HI/c6-2-1-3-10-5(9)11-4(7)8;;/h1-3,6H2,(H6,7,8,9,10,11);2*1H. The fourth-order valence-corrected chi connectivity index (χ4v) is 0.477. The van der Waals surface area contributed by atoms with Crippen molar-refractivity contribution in [2.24, 2.45) is 22.2 Å². The van der Waals surface area contributed by atoms with Crippen LogP contribution in [0.25, 0.3) is 0 Å². The SMILES string of the molecule is I.I.N=C(N=C(N)N)NCCCN. The maximum absolute atomic E-state index is 7.10. The smallest absolute Gasteiger partial charge is 0.218 e. The summed E-state index contributed by atoms with van der Waals surface area (Å²) in [7, 11) is 0. The van der Waals surface area contributed by atoms with E-state index in [2.05, 4.69) is 10.3 Å². The number of nitrogens with one attached hydrogen (secondary N) is 2. The molecule has 0 unspecified atom stereocenters. The summed E-state index contributed by atoms with van der Waals surface area (Å²) in [6.45, 7) is 1.20. The summed E-state index contributed by atoms with van der Waals surface area (Å²) in [5.41, 5.74) is 15.3. The summed E-state index contributed by atoms with van der Waals surface area (Å²) in [5.74, 6) is -0.145. The van der Waals surface area contributed by atoms with E-state index < -0.39 is 0 Å². The van der Waals surface area contributed by atoms with Gasteiger partial charge >= 0.3 is 0 Å². The minimum absolute atomic E-state index is 0.